The predicted octanol–water partition coefficient (Wildman–Crippen LogP) is 15.6. The number of hydrogen-bond donors (Lipinski definition) is 0. The molecule has 10 aromatic carbocycles. The summed E-state index contributed by atoms with van der Waals surface area (Å²) in [5.74, 6) is 1.81. The van der Waals surface area contributed by atoms with Gasteiger partial charge in [0, 0.05) is 71.3 Å². The van der Waals surface area contributed by atoms with Crippen molar-refractivity contribution in [3.05, 3.63) is 237 Å². The van der Waals surface area contributed by atoms with E-state index in [1.54, 1.807) is 0 Å². The van der Waals surface area contributed by atoms with Crippen LogP contribution in [-0.2, 0) is 0 Å². The van der Waals surface area contributed by atoms with Crippen LogP contribution in [0.4, 0.5) is 0 Å². The highest BCUT2D eigenvalue weighted by Gasteiger charge is 2.24. The molecule has 0 radical (unpaired) electrons. The van der Waals surface area contributed by atoms with Crippen molar-refractivity contribution in [3.8, 4) is 45.8 Å². The van der Waals surface area contributed by atoms with Crippen LogP contribution in [0.1, 0.15) is 0 Å². The van der Waals surface area contributed by atoms with E-state index < -0.39 is 0 Å². The van der Waals surface area contributed by atoms with Gasteiger partial charge in [0.05, 0.1) is 44.1 Å². The molecule has 0 aliphatic heterocycles. The van der Waals surface area contributed by atoms with E-state index in [1.165, 1.54) is 32.6 Å². The minimum atomic E-state index is 0.567. The van der Waals surface area contributed by atoms with Gasteiger partial charge in [0.15, 0.2) is 11.6 Å². The van der Waals surface area contributed by atoms with Crippen molar-refractivity contribution in [1.29, 1.82) is 0 Å². The molecule has 5 heterocycles. The molecule has 0 fully saturated rings. The highest BCUT2D eigenvalue weighted by atomic mass is 15.2. The topological polar surface area (TPSA) is 58.4 Å². The van der Waals surface area contributed by atoms with Gasteiger partial charge in [-0.3, -0.25) is 4.57 Å². The Kier molecular flexibility index (Phi) is 8.23. The van der Waals surface area contributed by atoms with Gasteiger partial charge >= 0.3 is 0 Å². The summed E-state index contributed by atoms with van der Waals surface area (Å²) in [6.07, 6.45) is 0. The van der Waals surface area contributed by atoms with Gasteiger partial charge in [-0.05, 0) is 72.8 Å². The van der Waals surface area contributed by atoms with Crippen molar-refractivity contribution in [2.24, 2.45) is 0 Å². The van der Waals surface area contributed by atoms with E-state index in [2.05, 4.69) is 218 Å². The normalized spacial score (nSPS) is 12.0. The van der Waals surface area contributed by atoms with Crippen LogP contribution in [0.2, 0.25) is 0 Å². The molecule has 15 rings (SSSR count). The number of hydrogen-bond acceptors (Lipinski definition) is 3. The third-order valence-electron chi connectivity index (χ3n) is 14.2. The summed E-state index contributed by atoms with van der Waals surface area (Å²) in [5, 5.41) is 9.42. The minimum Gasteiger partial charge on any atom is -0.309 e. The second-order valence-corrected chi connectivity index (χ2v) is 18.0. The smallest absolute Gasteiger partial charge is 0.238 e. The van der Waals surface area contributed by atoms with Gasteiger partial charge in [-0.25, -0.2) is 4.98 Å². The molecular weight excluding hydrogens is 855 g/mol. The lowest BCUT2D eigenvalue weighted by Gasteiger charge is -2.13. The van der Waals surface area contributed by atoms with Crippen LogP contribution < -0.4 is 0 Å². The largest absolute Gasteiger partial charge is 0.309 e. The Morgan fingerprint density at radius 2 is 0.657 bits per heavy atom. The third kappa shape index (κ3) is 5.60. The molecule has 0 amide bonds. The summed E-state index contributed by atoms with van der Waals surface area (Å²) in [7, 11) is 0. The molecule has 0 aliphatic rings. The fourth-order valence-electron chi connectivity index (χ4n) is 11.2. The van der Waals surface area contributed by atoms with Crippen LogP contribution in [0.15, 0.2) is 237 Å². The van der Waals surface area contributed by atoms with E-state index in [9.17, 15) is 0 Å². The molecule has 0 N–H and O–H groups in total. The standard InChI is InChI=1S/C63H39N7/c1-4-19-40(20-5-1)61-64-62(41-21-6-2-7-22-41)66-63(65-61)70-54-33-16-10-27-45(54)48-35-36-56-59(60(48)70)49-30-13-17-34-55(49)68(56)43-25-18-26-44(37-43)69-53-32-15-12-29-47(53)51-38-57-50(39-58(51)69)46-28-11-14-31-52(46)67(57)42-23-8-3-9-24-42/h1-39H. The summed E-state index contributed by atoms with van der Waals surface area (Å²) in [4.78, 5) is 15.7. The molecule has 0 unspecified atom stereocenters. The lowest BCUT2D eigenvalue weighted by molar-refractivity contribution is 0.955. The van der Waals surface area contributed by atoms with Crippen molar-refractivity contribution in [3.63, 3.8) is 0 Å². The Labute approximate surface area is 401 Å². The summed E-state index contributed by atoms with van der Waals surface area (Å²) < 4.78 is 9.53. The van der Waals surface area contributed by atoms with Crippen LogP contribution >= 0.6 is 0 Å². The molecule has 0 bridgehead atoms. The zero-order chi connectivity index (χ0) is 45.9. The number of para-hydroxylation sites is 5. The molecule has 5 aromatic heterocycles. The zero-order valence-corrected chi connectivity index (χ0v) is 37.6. The van der Waals surface area contributed by atoms with Crippen LogP contribution in [-0.4, -0.2) is 33.2 Å². The monoisotopic (exact) mass is 893 g/mol. The highest BCUT2D eigenvalue weighted by molar-refractivity contribution is 6.26. The second kappa shape index (κ2) is 15.0. The quantitative estimate of drug-likeness (QED) is 0.167. The van der Waals surface area contributed by atoms with Crippen molar-refractivity contribution >= 4 is 87.2 Å². The van der Waals surface area contributed by atoms with Gasteiger partial charge in [0.2, 0.25) is 5.95 Å². The SMILES string of the molecule is c1ccc(-c2nc(-c3ccccc3)nc(-n3c4ccccc4c4ccc5c(c6ccccc6n5-c5cccc(-n6c7ccccc7c7cc8c(cc76)c6ccccc6n8-c6ccccc6)c5)c43)n2)cc1. The molecule has 0 saturated heterocycles. The Morgan fingerprint density at radius 3 is 1.21 bits per heavy atom. The predicted molar refractivity (Wildman–Crippen MR) is 288 cm³/mol. The Bertz CT molecular complexity index is 4520. The fourth-order valence-corrected chi connectivity index (χ4v) is 11.2. The summed E-state index contributed by atoms with van der Waals surface area (Å²) in [5.41, 5.74) is 14.1. The Morgan fingerprint density at radius 1 is 0.243 bits per heavy atom. The first-order chi connectivity index (χ1) is 34.7. The van der Waals surface area contributed by atoms with Crippen LogP contribution in [0, 0.1) is 0 Å². The average Bonchev–Trinajstić information content (AvgIpc) is 4.16. The van der Waals surface area contributed by atoms with E-state index in [1.807, 2.05) is 36.4 Å². The van der Waals surface area contributed by atoms with E-state index in [0.717, 1.165) is 82.8 Å². The molecule has 70 heavy (non-hydrogen) atoms. The van der Waals surface area contributed by atoms with Crippen LogP contribution in [0.5, 0.6) is 0 Å². The first-order valence-electron chi connectivity index (χ1n) is 23.7. The van der Waals surface area contributed by atoms with Crippen molar-refractivity contribution in [1.82, 2.24) is 33.2 Å². The Hall–Kier alpha value is -9.59. The zero-order valence-electron chi connectivity index (χ0n) is 37.6. The van der Waals surface area contributed by atoms with E-state index in [0.29, 0.717) is 17.6 Å². The van der Waals surface area contributed by atoms with Crippen molar-refractivity contribution in [2.45, 2.75) is 0 Å². The lowest BCUT2D eigenvalue weighted by Crippen LogP contribution is -2.06. The summed E-state index contributed by atoms with van der Waals surface area (Å²) in [6, 6.07) is 84.4. The van der Waals surface area contributed by atoms with Crippen molar-refractivity contribution < 1.29 is 0 Å². The maximum atomic E-state index is 5.30. The maximum absolute atomic E-state index is 5.30. The molecular formula is C63H39N7. The molecule has 0 saturated carbocycles. The number of benzene rings is 10. The molecule has 15 aromatic rings. The van der Waals surface area contributed by atoms with Crippen LogP contribution in [0.3, 0.4) is 0 Å². The van der Waals surface area contributed by atoms with E-state index in [4.69, 9.17) is 15.0 Å². The summed E-state index contributed by atoms with van der Waals surface area (Å²) in [6.45, 7) is 0. The minimum absolute atomic E-state index is 0.567. The number of aromatic nitrogens is 7. The molecule has 7 heteroatoms. The van der Waals surface area contributed by atoms with E-state index >= 15 is 0 Å². The van der Waals surface area contributed by atoms with Gasteiger partial charge in [0.25, 0.3) is 0 Å². The molecule has 0 aliphatic carbocycles. The van der Waals surface area contributed by atoms with Gasteiger partial charge in [-0.2, -0.15) is 9.97 Å². The lowest BCUT2D eigenvalue weighted by atomic mass is 10.1. The molecule has 326 valence electrons. The first-order valence-corrected chi connectivity index (χ1v) is 23.7. The van der Waals surface area contributed by atoms with Gasteiger partial charge in [0.1, 0.15) is 0 Å². The highest BCUT2D eigenvalue weighted by Crippen LogP contribution is 2.44. The van der Waals surface area contributed by atoms with Gasteiger partial charge < -0.3 is 13.7 Å². The number of rotatable bonds is 6. The maximum Gasteiger partial charge on any atom is 0.238 e. The van der Waals surface area contributed by atoms with Crippen molar-refractivity contribution in [2.75, 3.05) is 0 Å². The summed E-state index contributed by atoms with van der Waals surface area (Å²) >= 11 is 0. The fraction of sp³-hybridized carbons (Fsp3) is 0. The van der Waals surface area contributed by atoms with Gasteiger partial charge in [-0.1, -0.05) is 164 Å². The van der Waals surface area contributed by atoms with Gasteiger partial charge in [-0.15, -0.1) is 0 Å². The molecule has 0 atom stereocenters. The molecule has 0 spiro atoms. The second-order valence-electron chi connectivity index (χ2n) is 18.0. The molecule has 7 nitrogen and oxygen atoms in total. The first kappa shape index (κ1) is 38.5. The average molecular weight is 894 g/mol. The number of nitrogens with zero attached hydrogens (tertiary/aromatic N) is 7. The van der Waals surface area contributed by atoms with E-state index in [-0.39, 0.29) is 0 Å². The van der Waals surface area contributed by atoms with Crippen LogP contribution in [0.25, 0.3) is 133 Å². The third-order valence-corrected chi connectivity index (χ3v) is 14.2. The Balaban J connectivity index is 0.987. The number of fused-ring (bicyclic) bond motifs is 13.